The van der Waals surface area contributed by atoms with Crippen molar-refractivity contribution in [3.63, 3.8) is 0 Å². The summed E-state index contributed by atoms with van der Waals surface area (Å²) in [5, 5.41) is 16.9. The van der Waals surface area contributed by atoms with Crippen LogP contribution < -0.4 is 10.5 Å². The number of halogens is 6. The van der Waals surface area contributed by atoms with Crippen LogP contribution in [-0.2, 0) is 11.8 Å². The summed E-state index contributed by atoms with van der Waals surface area (Å²) in [6, 6.07) is 0.531. The lowest BCUT2D eigenvalue weighted by molar-refractivity contribution is -0.277. The van der Waals surface area contributed by atoms with E-state index in [9.17, 15) is 31.4 Å². The van der Waals surface area contributed by atoms with Gasteiger partial charge in [0.1, 0.15) is 5.56 Å². The molecule has 0 radical (unpaired) electrons. The minimum atomic E-state index is -5.11. The quantitative estimate of drug-likeness (QED) is 0.617. The van der Waals surface area contributed by atoms with Crippen molar-refractivity contribution in [3.8, 4) is 17.5 Å². The van der Waals surface area contributed by atoms with Crippen molar-refractivity contribution < 1.29 is 40.6 Å². The first-order chi connectivity index (χ1) is 13.4. The molecule has 3 heterocycles. The zero-order valence-corrected chi connectivity index (χ0v) is 14.8. The van der Waals surface area contributed by atoms with Gasteiger partial charge in [0.2, 0.25) is 11.5 Å². The Kier molecular flexibility index (Phi) is 5.36. The lowest BCUT2D eigenvalue weighted by atomic mass is 9.95. The fraction of sp³-hybridized carbons (Fsp3) is 0.562. The van der Waals surface area contributed by atoms with Gasteiger partial charge < -0.3 is 20.0 Å². The van der Waals surface area contributed by atoms with Crippen molar-refractivity contribution in [1.29, 1.82) is 0 Å². The fourth-order valence-corrected chi connectivity index (χ4v) is 2.86. The topological polar surface area (TPSA) is 107 Å². The van der Waals surface area contributed by atoms with Gasteiger partial charge in [-0.05, 0) is 25.3 Å². The SMILES string of the molecule is Nc1cc(C(F)(F)F)c2nc1-c1nnc(o1)[C@](O)(C(F)(F)F)CCCCCCO2. The zero-order chi connectivity index (χ0) is 21.4. The summed E-state index contributed by atoms with van der Waals surface area (Å²) in [7, 11) is 0. The smallest absolute Gasteiger partial charge is 0.426 e. The van der Waals surface area contributed by atoms with E-state index in [4.69, 9.17) is 14.9 Å². The summed E-state index contributed by atoms with van der Waals surface area (Å²) < 4.78 is 90.3. The van der Waals surface area contributed by atoms with Gasteiger partial charge in [-0.2, -0.15) is 26.3 Å². The monoisotopic (exact) mass is 426 g/mol. The van der Waals surface area contributed by atoms with E-state index < -0.39 is 59.0 Å². The van der Waals surface area contributed by atoms with Gasteiger partial charge >= 0.3 is 12.4 Å². The summed E-state index contributed by atoms with van der Waals surface area (Å²) in [4.78, 5) is 3.66. The van der Waals surface area contributed by atoms with Gasteiger partial charge in [0.25, 0.3) is 11.8 Å². The van der Waals surface area contributed by atoms with Crippen LogP contribution in [0.2, 0.25) is 0 Å². The second kappa shape index (κ2) is 7.35. The molecule has 0 aromatic carbocycles. The number of nitrogen functional groups attached to an aromatic ring is 1. The Labute approximate surface area is 159 Å². The second-order valence-corrected chi connectivity index (χ2v) is 6.56. The highest BCUT2D eigenvalue weighted by molar-refractivity contribution is 5.68. The molecular weight excluding hydrogens is 410 g/mol. The number of aliphatic hydroxyl groups is 1. The molecule has 1 atom stereocenters. The maximum atomic E-state index is 13.5. The van der Waals surface area contributed by atoms with Crippen molar-refractivity contribution in [3.05, 3.63) is 17.5 Å². The number of aromatic nitrogens is 3. The lowest BCUT2D eigenvalue weighted by Crippen LogP contribution is -2.42. The molecule has 0 unspecified atom stereocenters. The number of ether oxygens (including phenoxy) is 1. The molecule has 0 spiro atoms. The normalized spacial score (nSPS) is 21.3. The van der Waals surface area contributed by atoms with E-state index in [2.05, 4.69) is 15.2 Å². The number of rotatable bonds is 0. The predicted molar refractivity (Wildman–Crippen MR) is 85.5 cm³/mol. The lowest BCUT2D eigenvalue weighted by Gasteiger charge is -2.27. The Bertz CT molecular complexity index is 883. The van der Waals surface area contributed by atoms with E-state index in [1.807, 2.05) is 0 Å². The molecule has 0 amide bonds. The number of anilines is 1. The molecular formula is C16H16F6N4O3. The molecule has 2 aromatic rings. The van der Waals surface area contributed by atoms with Gasteiger partial charge in [-0.1, -0.05) is 12.8 Å². The van der Waals surface area contributed by atoms with Crippen LogP contribution in [0.25, 0.3) is 11.6 Å². The number of fused-ring (bicyclic) bond motifs is 5. The average Bonchev–Trinajstić information content (AvgIpc) is 3.09. The summed E-state index contributed by atoms with van der Waals surface area (Å²) in [6.45, 7) is -0.141. The van der Waals surface area contributed by atoms with Crippen LogP contribution in [-0.4, -0.2) is 33.1 Å². The van der Waals surface area contributed by atoms with Crippen molar-refractivity contribution >= 4 is 5.69 Å². The zero-order valence-electron chi connectivity index (χ0n) is 14.8. The number of hydrogen-bond acceptors (Lipinski definition) is 7. The van der Waals surface area contributed by atoms with E-state index in [-0.39, 0.29) is 25.9 Å². The van der Waals surface area contributed by atoms with Crippen molar-refractivity contribution in [1.82, 2.24) is 15.2 Å². The second-order valence-electron chi connectivity index (χ2n) is 6.56. The molecule has 0 saturated heterocycles. The highest BCUT2D eigenvalue weighted by atomic mass is 19.4. The van der Waals surface area contributed by atoms with Crippen LogP contribution in [0, 0.1) is 0 Å². The van der Waals surface area contributed by atoms with Crippen LogP contribution >= 0.6 is 0 Å². The third-order valence-corrected chi connectivity index (χ3v) is 4.44. The van der Waals surface area contributed by atoms with Crippen LogP contribution in [0.1, 0.15) is 43.6 Å². The molecule has 4 bridgehead atoms. The molecule has 7 nitrogen and oxygen atoms in total. The highest BCUT2D eigenvalue weighted by Crippen LogP contribution is 2.44. The number of alkyl halides is 6. The molecule has 3 rings (SSSR count). The molecule has 29 heavy (non-hydrogen) atoms. The van der Waals surface area contributed by atoms with Crippen LogP contribution in [0.5, 0.6) is 5.88 Å². The molecule has 13 heteroatoms. The maximum absolute atomic E-state index is 13.5. The minimum Gasteiger partial charge on any atom is -0.477 e. The Morgan fingerprint density at radius 2 is 1.72 bits per heavy atom. The average molecular weight is 426 g/mol. The molecule has 0 aliphatic carbocycles. The third kappa shape index (κ3) is 4.09. The van der Waals surface area contributed by atoms with Crippen LogP contribution in [0.4, 0.5) is 32.0 Å². The van der Waals surface area contributed by atoms with Crippen LogP contribution in [0.15, 0.2) is 10.5 Å². The number of hydrogen-bond donors (Lipinski definition) is 2. The molecule has 0 saturated carbocycles. The van der Waals surface area contributed by atoms with Gasteiger partial charge in [0.15, 0.2) is 5.69 Å². The number of pyridine rings is 1. The largest absolute Gasteiger partial charge is 0.477 e. The minimum absolute atomic E-state index is 0.0345. The molecule has 3 N–H and O–H groups in total. The summed E-state index contributed by atoms with van der Waals surface area (Å²) in [6.07, 6.45) is -9.77. The van der Waals surface area contributed by atoms with E-state index in [0.29, 0.717) is 12.5 Å². The summed E-state index contributed by atoms with van der Waals surface area (Å²) in [5.74, 6) is -2.61. The van der Waals surface area contributed by atoms with Crippen molar-refractivity contribution in [2.75, 3.05) is 12.3 Å². The Hall–Kier alpha value is -2.57. The van der Waals surface area contributed by atoms with Gasteiger partial charge in [-0.25, -0.2) is 4.98 Å². The van der Waals surface area contributed by atoms with E-state index in [0.717, 1.165) is 0 Å². The Morgan fingerprint density at radius 1 is 1.03 bits per heavy atom. The fourth-order valence-electron chi connectivity index (χ4n) is 2.86. The molecule has 160 valence electrons. The van der Waals surface area contributed by atoms with Crippen LogP contribution in [0.3, 0.4) is 0 Å². The molecule has 1 aliphatic rings. The van der Waals surface area contributed by atoms with Gasteiger partial charge in [-0.3, -0.25) is 0 Å². The van der Waals surface area contributed by atoms with E-state index in [1.54, 1.807) is 0 Å². The van der Waals surface area contributed by atoms with Crippen molar-refractivity contribution in [2.24, 2.45) is 0 Å². The summed E-state index contributed by atoms with van der Waals surface area (Å²) >= 11 is 0. The van der Waals surface area contributed by atoms with E-state index >= 15 is 0 Å². The molecule has 1 aliphatic heterocycles. The predicted octanol–water partition coefficient (Wildman–Crippen LogP) is 3.83. The molecule has 2 aromatic heterocycles. The first kappa shape index (κ1) is 21.1. The van der Waals surface area contributed by atoms with Gasteiger partial charge in [0.05, 0.1) is 12.3 Å². The Morgan fingerprint density at radius 3 is 2.38 bits per heavy atom. The van der Waals surface area contributed by atoms with Gasteiger partial charge in [0, 0.05) is 0 Å². The summed E-state index contributed by atoms with van der Waals surface area (Å²) in [5.41, 5.74) is -0.0796. The van der Waals surface area contributed by atoms with Gasteiger partial charge in [-0.15, -0.1) is 10.2 Å². The standard InChI is InChI=1S/C16H16F6N4O3/c17-15(18,19)8-7-9(23)10-12-25-26-13(29-12)14(27,16(20,21)22)5-3-1-2-4-6-28-11(8)24-10/h7,27H,1-6,23H2/t14-/m0/s1. The third-order valence-electron chi connectivity index (χ3n) is 4.44. The van der Waals surface area contributed by atoms with Crippen molar-refractivity contribution in [2.45, 2.75) is 50.1 Å². The van der Waals surface area contributed by atoms with E-state index in [1.165, 1.54) is 0 Å². The maximum Gasteiger partial charge on any atom is 0.426 e. The Balaban J connectivity index is 2.14. The first-order valence-corrected chi connectivity index (χ1v) is 8.57. The first-order valence-electron chi connectivity index (χ1n) is 8.57. The number of nitrogens with two attached hydrogens (primary N) is 1. The molecule has 0 fully saturated rings. The number of nitrogens with zero attached hydrogens (tertiary/aromatic N) is 3. The highest BCUT2D eigenvalue weighted by Gasteiger charge is 2.58.